The van der Waals surface area contributed by atoms with E-state index in [2.05, 4.69) is 38.3 Å². The number of thiol groups is 1. The van der Waals surface area contributed by atoms with Crippen LogP contribution in [0.3, 0.4) is 0 Å². The zero-order valence-electron chi connectivity index (χ0n) is 11.9. The second-order valence-electron chi connectivity index (χ2n) is 3.84. The summed E-state index contributed by atoms with van der Waals surface area (Å²) in [7, 11) is 0. The number of benzene rings is 1. The number of rotatable bonds is 5. The summed E-state index contributed by atoms with van der Waals surface area (Å²) in [5, 5.41) is 0. The van der Waals surface area contributed by atoms with Gasteiger partial charge in [0.1, 0.15) is 0 Å². The van der Waals surface area contributed by atoms with Crippen molar-refractivity contribution in [3.05, 3.63) is 29.8 Å². The van der Waals surface area contributed by atoms with Crippen molar-refractivity contribution in [3.63, 3.8) is 0 Å². The fraction of sp³-hybridized carbons (Fsp3) is 0.500. The lowest BCUT2D eigenvalue weighted by molar-refractivity contribution is 0.277. The van der Waals surface area contributed by atoms with E-state index in [-0.39, 0.29) is 4.45 Å². The third-order valence-electron chi connectivity index (χ3n) is 2.71. The zero-order valence-corrected chi connectivity index (χ0v) is 13.6. The Morgan fingerprint density at radius 3 is 1.89 bits per heavy atom. The van der Waals surface area contributed by atoms with Crippen LogP contribution in [0.5, 0.6) is 0 Å². The van der Waals surface area contributed by atoms with Crippen LogP contribution in [0, 0.1) is 0 Å². The number of carbonyl (C=O) groups excluding carboxylic acids is 1. The quantitative estimate of drug-likeness (QED) is 0.644. The standard InChI is InChI=1S/C8H9NOS2.C6H15N/c9-5-6-1-3-7(4-2-6)12-8(10)11;1-4-7(5-2)6-3/h1-4H,5,9H2,(H,10,11);4-6H2,1-3H3. The number of nitrogens with two attached hydrogens (primary N) is 1. The zero-order chi connectivity index (χ0) is 14.7. The van der Waals surface area contributed by atoms with Crippen LogP contribution in [0.25, 0.3) is 0 Å². The fourth-order valence-electron chi connectivity index (χ4n) is 1.47. The summed E-state index contributed by atoms with van der Waals surface area (Å²) in [5.74, 6) is 0. The monoisotopic (exact) mass is 300 g/mol. The van der Waals surface area contributed by atoms with Gasteiger partial charge in [0.05, 0.1) is 0 Å². The Hall–Kier alpha value is -0.490. The molecule has 1 rings (SSSR count). The van der Waals surface area contributed by atoms with Crippen LogP contribution in [-0.2, 0) is 6.54 Å². The van der Waals surface area contributed by atoms with Gasteiger partial charge in [0.25, 0.3) is 0 Å². The first kappa shape index (κ1) is 18.5. The molecule has 0 aliphatic heterocycles. The molecular formula is C14H24N2OS2. The first-order valence-electron chi connectivity index (χ1n) is 6.49. The van der Waals surface area contributed by atoms with Gasteiger partial charge in [-0.1, -0.05) is 45.5 Å². The van der Waals surface area contributed by atoms with Crippen LogP contribution < -0.4 is 5.73 Å². The molecule has 1 aromatic rings. The summed E-state index contributed by atoms with van der Waals surface area (Å²) in [4.78, 5) is 13.8. The molecule has 0 aromatic heterocycles. The highest BCUT2D eigenvalue weighted by molar-refractivity contribution is 8.32. The average Bonchev–Trinajstić information content (AvgIpc) is 2.42. The van der Waals surface area contributed by atoms with Gasteiger partial charge < -0.3 is 10.6 Å². The first-order valence-corrected chi connectivity index (χ1v) is 7.75. The predicted octanol–water partition coefficient (Wildman–Crippen LogP) is 3.64. The Bertz CT molecular complexity index is 345. The van der Waals surface area contributed by atoms with E-state index in [0.717, 1.165) is 22.2 Å². The minimum atomic E-state index is -0.199. The van der Waals surface area contributed by atoms with Gasteiger partial charge >= 0.3 is 0 Å². The van der Waals surface area contributed by atoms with E-state index in [4.69, 9.17) is 5.73 Å². The van der Waals surface area contributed by atoms with Crippen molar-refractivity contribution in [1.29, 1.82) is 0 Å². The summed E-state index contributed by atoms with van der Waals surface area (Å²) >= 11 is 4.76. The van der Waals surface area contributed by atoms with Gasteiger partial charge in [-0.25, -0.2) is 0 Å². The highest BCUT2D eigenvalue weighted by atomic mass is 32.2. The molecule has 0 spiro atoms. The fourth-order valence-corrected chi connectivity index (χ4v) is 2.26. The van der Waals surface area contributed by atoms with Crippen LogP contribution in [0.15, 0.2) is 29.2 Å². The predicted molar refractivity (Wildman–Crippen MR) is 88.0 cm³/mol. The number of carbonyl (C=O) groups is 1. The summed E-state index contributed by atoms with van der Waals surface area (Å²) in [6, 6.07) is 7.53. The Labute approximate surface area is 126 Å². The second-order valence-corrected chi connectivity index (χ2v) is 5.59. The van der Waals surface area contributed by atoms with Crippen LogP contribution in [-0.4, -0.2) is 29.0 Å². The molecule has 1 aromatic carbocycles. The largest absolute Gasteiger partial charge is 0.326 e. The Balaban J connectivity index is 0.000000399. The van der Waals surface area contributed by atoms with Gasteiger partial charge in [0, 0.05) is 11.4 Å². The van der Waals surface area contributed by atoms with E-state index in [9.17, 15) is 4.79 Å². The lowest BCUT2D eigenvalue weighted by atomic mass is 10.2. The molecule has 0 fully saturated rings. The van der Waals surface area contributed by atoms with Crippen molar-refractivity contribution in [2.45, 2.75) is 32.2 Å². The molecule has 0 radical (unpaired) electrons. The molecule has 0 saturated carbocycles. The summed E-state index contributed by atoms with van der Waals surface area (Å²) in [6.45, 7) is 10.7. The molecule has 5 heteroatoms. The smallest absolute Gasteiger partial charge is 0.247 e. The first-order chi connectivity index (χ1) is 9.07. The maximum Gasteiger partial charge on any atom is 0.247 e. The van der Waals surface area contributed by atoms with Crippen molar-refractivity contribution < 1.29 is 4.79 Å². The van der Waals surface area contributed by atoms with Gasteiger partial charge in [-0.2, -0.15) is 0 Å². The maximum absolute atomic E-state index is 10.6. The molecule has 0 heterocycles. The molecule has 0 aliphatic carbocycles. The molecule has 108 valence electrons. The minimum absolute atomic E-state index is 0.199. The summed E-state index contributed by atoms with van der Waals surface area (Å²) in [5.41, 5.74) is 6.47. The maximum atomic E-state index is 10.6. The van der Waals surface area contributed by atoms with Crippen molar-refractivity contribution in [1.82, 2.24) is 4.90 Å². The van der Waals surface area contributed by atoms with Crippen LogP contribution in [0.1, 0.15) is 26.3 Å². The molecule has 0 aliphatic rings. The van der Waals surface area contributed by atoms with Gasteiger partial charge in [-0.05, 0) is 49.1 Å². The van der Waals surface area contributed by atoms with Crippen molar-refractivity contribution in [3.8, 4) is 0 Å². The number of hydrogen-bond donors (Lipinski definition) is 2. The van der Waals surface area contributed by atoms with E-state index in [1.165, 1.54) is 19.6 Å². The van der Waals surface area contributed by atoms with Crippen LogP contribution in [0.2, 0.25) is 0 Å². The lowest BCUT2D eigenvalue weighted by Gasteiger charge is -2.13. The SMILES string of the molecule is CCN(CC)CC.NCc1ccc(SC(=O)S)cc1. The second kappa shape index (κ2) is 11.3. The highest BCUT2D eigenvalue weighted by Crippen LogP contribution is 2.21. The normalized spacial score (nSPS) is 10.0. The lowest BCUT2D eigenvalue weighted by Crippen LogP contribution is -2.21. The van der Waals surface area contributed by atoms with Crippen molar-refractivity contribution in [2.24, 2.45) is 5.73 Å². The van der Waals surface area contributed by atoms with E-state index >= 15 is 0 Å². The third-order valence-corrected chi connectivity index (χ3v) is 3.66. The Morgan fingerprint density at radius 2 is 1.63 bits per heavy atom. The molecule has 0 saturated heterocycles. The number of hydrogen-bond acceptors (Lipinski definition) is 4. The topological polar surface area (TPSA) is 46.3 Å². The number of thioether (sulfide) groups is 1. The molecule has 19 heavy (non-hydrogen) atoms. The van der Waals surface area contributed by atoms with E-state index in [1.54, 1.807) is 0 Å². The van der Waals surface area contributed by atoms with Gasteiger partial charge in [0.2, 0.25) is 4.45 Å². The molecule has 0 atom stereocenters. The van der Waals surface area contributed by atoms with E-state index in [1.807, 2.05) is 24.3 Å². The molecular weight excluding hydrogens is 276 g/mol. The van der Waals surface area contributed by atoms with Crippen LogP contribution >= 0.6 is 24.4 Å². The third kappa shape index (κ3) is 9.10. The Morgan fingerprint density at radius 1 is 1.16 bits per heavy atom. The molecule has 0 bridgehead atoms. The molecule has 0 unspecified atom stereocenters. The summed E-state index contributed by atoms with van der Waals surface area (Å²) < 4.78 is -0.199. The molecule has 2 N–H and O–H groups in total. The minimum Gasteiger partial charge on any atom is -0.326 e. The highest BCUT2D eigenvalue weighted by Gasteiger charge is 1.98. The molecule has 0 amide bonds. The Kier molecular flexibility index (Phi) is 11.1. The van der Waals surface area contributed by atoms with Crippen LogP contribution in [0.4, 0.5) is 4.79 Å². The van der Waals surface area contributed by atoms with E-state index in [0.29, 0.717) is 6.54 Å². The van der Waals surface area contributed by atoms with Crippen molar-refractivity contribution in [2.75, 3.05) is 19.6 Å². The summed E-state index contributed by atoms with van der Waals surface area (Å²) in [6.07, 6.45) is 0. The van der Waals surface area contributed by atoms with Gasteiger partial charge in [-0.3, -0.25) is 4.79 Å². The van der Waals surface area contributed by atoms with Gasteiger partial charge in [-0.15, -0.1) is 0 Å². The molecule has 3 nitrogen and oxygen atoms in total. The average molecular weight is 300 g/mol. The van der Waals surface area contributed by atoms with Gasteiger partial charge in [0.15, 0.2) is 0 Å². The van der Waals surface area contributed by atoms with Crippen molar-refractivity contribution >= 4 is 28.8 Å². The number of nitrogens with zero attached hydrogens (tertiary/aromatic N) is 1. The van der Waals surface area contributed by atoms with E-state index < -0.39 is 0 Å².